The number of nitrogens with zero attached hydrogens (tertiary/aromatic N) is 11. The van der Waals surface area contributed by atoms with Crippen molar-refractivity contribution in [2.75, 3.05) is 4.90 Å². The van der Waals surface area contributed by atoms with E-state index < -0.39 is 0 Å². The van der Waals surface area contributed by atoms with Gasteiger partial charge in [-0.3, -0.25) is 28.2 Å². The van der Waals surface area contributed by atoms with Crippen LogP contribution in [0.15, 0.2) is 193 Å². The van der Waals surface area contributed by atoms with Crippen LogP contribution in [0.4, 0.5) is 5.95 Å². The van der Waals surface area contributed by atoms with Gasteiger partial charge in [-0.05, 0) is 90.5 Å². The van der Waals surface area contributed by atoms with Crippen molar-refractivity contribution >= 4 is 83.4 Å². The minimum atomic E-state index is -0.324. The Morgan fingerprint density at radius 3 is 1.50 bits per heavy atom. The molecule has 13 nitrogen and oxygen atoms in total. The summed E-state index contributed by atoms with van der Waals surface area (Å²) < 4.78 is 7.74. The molecule has 0 saturated heterocycles. The van der Waals surface area contributed by atoms with Crippen LogP contribution in [0.2, 0.25) is 0 Å². The summed E-state index contributed by atoms with van der Waals surface area (Å²) in [6, 6.07) is 61.4. The number of fused-ring (bicyclic) bond motifs is 7. The summed E-state index contributed by atoms with van der Waals surface area (Å²) in [6.45, 7) is 0.244. The molecule has 1 amide bonds. The van der Waals surface area contributed by atoms with E-state index in [1.165, 1.54) is 0 Å². The number of anilines is 1. The van der Waals surface area contributed by atoms with Gasteiger partial charge < -0.3 is 0 Å². The second kappa shape index (κ2) is 14.3. The van der Waals surface area contributed by atoms with Crippen LogP contribution in [0.1, 0.15) is 15.9 Å². The molecule has 8 aromatic carbocycles. The van der Waals surface area contributed by atoms with E-state index in [1.807, 2.05) is 180 Å². The number of para-hydroxylation sites is 9. The van der Waals surface area contributed by atoms with Crippen molar-refractivity contribution in [1.29, 1.82) is 0 Å². The first-order valence-electron chi connectivity index (χ1n) is 22.9. The lowest BCUT2D eigenvalue weighted by Crippen LogP contribution is -2.36. The molecule has 0 spiro atoms. The van der Waals surface area contributed by atoms with Gasteiger partial charge in [0.25, 0.3) is 11.5 Å². The monoisotopic (exact) mass is 903 g/mol. The summed E-state index contributed by atoms with van der Waals surface area (Å²) in [4.78, 5) is 63.5. The van der Waals surface area contributed by atoms with Gasteiger partial charge in [0.05, 0.1) is 39.6 Å². The highest BCUT2D eigenvalue weighted by molar-refractivity contribution is 6.25. The van der Waals surface area contributed by atoms with Crippen molar-refractivity contribution in [2.45, 2.75) is 6.54 Å². The fraction of sp³-hybridized carbons (Fsp3) is 0.0175. The number of hydrogen-bond donors (Lipinski definition) is 0. The van der Waals surface area contributed by atoms with Gasteiger partial charge in [-0.2, -0.15) is 0 Å². The average molecular weight is 904 g/mol. The molecule has 1 aliphatic rings. The van der Waals surface area contributed by atoms with Gasteiger partial charge in [0.1, 0.15) is 11.4 Å². The fourth-order valence-electron chi connectivity index (χ4n) is 10.6. The molecule has 0 unspecified atom stereocenters. The summed E-state index contributed by atoms with van der Waals surface area (Å²) in [7, 11) is 0. The molecule has 14 aromatic rings. The lowest BCUT2D eigenvalue weighted by atomic mass is 9.91. The Balaban J connectivity index is 0.992. The maximum absolute atomic E-state index is 15.3. The van der Waals surface area contributed by atoms with Gasteiger partial charge >= 0.3 is 0 Å². The van der Waals surface area contributed by atoms with E-state index in [9.17, 15) is 4.79 Å². The normalized spacial score (nSPS) is 12.9. The Labute approximate surface area is 395 Å². The standard InChI is InChI=1S/C57H33N11O2/c69-55-38-30-31-39-47-37(29-28-33(46(38)47)32-64(55)57-60-42-24-12-15-27-45(42)67(57)36-20-8-3-9-21-36)51-63-50-54(68(51)56(39)70)62-49(53-59-41-23-11-14-26-44(41)66(53)35-18-6-2-7-19-35)48(61-50)52-58-40-22-10-13-25-43(40)65(52)34-16-4-1-5-17-34/h1-31H,32H2. The molecule has 328 valence electrons. The Hall–Kier alpha value is -9.88. The van der Waals surface area contributed by atoms with Gasteiger partial charge in [0, 0.05) is 44.2 Å². The molecule has 0 atom stereocenters. The number of pyridine rings is 1. The molecule has 6 aromatic heterocycles. The first-order valence-corrected chi connectivity index (χ1v) is 22.9. The molecule has 0 saturated carbocycles. The molecular formula is C57H33N11O2. The molecule has 15 rings (SSSR count). The number of amides is 1. The van der Waals surface area contributed by atoms with Crippen molar-refractivity contribution in [3.63, 3.8) is 0 Å². The number of rotatable bonds is 6. The first kappa shape index (κ1) is 38.2. The Bertz CT molecular complexity index is 4560. The highest BCUT2D eigenvalue weighted by Crippen LogP contribution is 2.41. The van der Waals surface area contributed by atoms with Gasteiger partial charge in [-0.15, -0.1) is 0 Å². The highest BCUT2D eigenvalue weighted by Gasteiger charge is 2.34. The summed E-state index contributed by atoms with van der Waals surface area (Å²) in [5, 5.41) is 2.53. The number of carbonyl (C=O) groups is 1. The second-order valence-corrected chi connectivity index (χ2v) is 17.5. The van der Waals surface area contributed by atoms with Crippen LogP contribution in [-0.4, -0.2) is 53.9 Å². The van der Waals surface area contributed by atoms with Crippen LogP contribution in [0.5, 0.6) is 0 Å². The Kier molecular flexibility index (Phi) is 7.82. The summed E-state index contributed by atoms with van der Waals surface area (Å²) >= 11 is 0. The molecule has 0 radical (unpaired) electrons. The zero-order valence-corrected chi connectivity index (χ0v) is 36.8. The topological polar surface area (TPSA) is 134 Å². The predicted octanol–water partition coefficient (Wildman–Crippen LogP) is 10.9. The van der Waals surface area contributed by atoms with E-state index in [1.54, 1.807) is 21.4 Å². The van der Waals surface area contributed by atoms with Crippen LogP contribution < -0.4 is 10.5 Å². The SMILES string of the molecule is O=C1c2ccc3c(=O)n4c5nc(-c6nc7ccccc7n6-c6ccccc6)c(-c6nc7ccccc7n6-c6ccccc6)nc5nc4c4ccc(c2c34)CN1c1nc2ccccc2n1-c1ccccc1. The van der Waals surface area contributed by atoms with E-state index in [-0.39, 0.29) is 29.3 Å². The number of carbonyl (C=O) groups excluding carboxylic acids is 1. The van der Waals surface area contributed by atoms with Gasteiger partial charge in [-0.25, -0.2) is 34.3 Å². The number of hydrogen-bond acceptors (Lipinski definition) is 8. The van der Waals surface area contributed by atoms with Crippen molar-refractivity contribution in [1.82, 2.24) is 48.0 Å². The van der Waals surface area contributed by atoms with Gasteiger partial charge in [0.15, 0.2) is 28.6 Å². The molecular weight excluding hydrogens is 871 g/mol. The van der Waals surface area contributed by atoms with Crippen molar-refractivity contribution in [3.05, 3.63) is 210 Å². The van der Waals surface area contributed by atoms with E-state index in [4.69, 9.17) is 29.9 Å². The van der Waals surface area contributed by atoms with E-state index in [0.29, 0.717) is 56.4 Å². The summed E-state index contributed by atoms with van der Waals surface area (Å²) in [5.74, 6) is 1.35. The largest absolute Gasteiger partial charge is 0.291 e. The van der Waals surface area contributed by atoms with E-state index in [2.05, 4.69) is 9.13 Å². The lowest BCUT2D eigenvalue weighted by Gasteiger charge is -2.29. The van der Waals surface area contributed by atoms with Crippen molar-refractivity contribution in [2.24, 2.45) is 0 Å². The van der Waals surface area contributed by atoms with Crippen molar-refractivity contribution in [3.8, 4) is 40.1 Å². The number of imidazole rings is 4. The Morgan fingerprint density at radius 1 is 0.400 bits per heavy atom. The Morgan fingerprint density at radius 2 is 0.900 bits per heavy atom. The number of aromatic nitrogens is 10. The maximum atomic E-state index is 15.3. The smallest absolute Gasteiger partial charge is 0.266 e. The minimum absolute atomic E-state index is 0.213. The molecule has 7 heterocycles. The third kappa shape index (κ3) is 5.30. The minimum Gasteiger partial charge on any atom is -0.291 e. The van der Waals surface area contributed by atoms with Gasteiger partial charge in [-0.1, -0.05) is 103 Å². The highest BCUT2D eigenvalue weighted by atomic mass is 16.2. The average Bonchev–Trinajstić information content (AvgIpc) is 4.20. The summed E-state index contributed by atoms with van der Waals surface area (Å²) in [5.41, 5.74) is 10.4. The lowest BCUT2D eigenvalue weighted by molar-refractivity contribution is 0.0982. The van der Waals surface area contributed by atoms with Crippen LogP contribution in [0, 0.1) is 0 Å². The summed E-state index contributed by atoms with van der Waals surface area (Å²) in [6.07, 6.45) is 0. The molecule has 1 aliphatic heterocycles. The molecule has 70 heavy (non-hydrogen) atoms. The molecule has 0 bridgehead atoms. The first-order chi connectivity index (χ1) is 34.6. The molecule has 0 aliphatic carbocycles. The molecule has 0 N–H and O–H groups in total. The van der Waals surface area contributed by atoms with Gasteiger partial charge in [0.2, 0.25) is 5.95 Å². The van der Waals surface area contributed by atoms with Crippen molar-refractivity contribution < 1.29 is 4.79 Å². The third-order valence-corrected chi connectivity index (χ3v) is 13.6. The predicted molar refractivity (Wildman–Crippen MR) is 272 cm³/mol. The van der Waals surface area contributed by atoms with Crippen LogP contribution in [-0.2, 0) is 6.54 Å². The quantitative estimate of drug-likeness (QED) is 0.161. The maximum Gasteiger partial charge on any atom is 0.266 e. The van der Waals surface area contributed by atoms with Crippen LogP contribution in [0.3, 0.4) is 0 Å². The van der Waals surface area contributed by atoms with Crippen LogP contribution in [0.25, 0.3) is 112 Å². The second-order valence-electron chi connectivity index (χ2n) is 17.5. The zero-order chi connectivity index (χ0) is 46.2. The third-order valence-electron chi connectivity index (χ3n) is 13.6. The molecule has 13 heteroatoms. The van der Waals surface area contributed by atoms with E-state index >= 15 is 4.79 Å². The van der Waals surface area contributed by atoms with E-state index in [0.717, 1.165) is 61.1 Å². The number of benzene rings is 8. The fourth-order valence-corrected chi connectivity index (χ4v) is 10.6. The van der Waals surface area contributed by atoms with Crippen LogP contribution >= 0.6 is 0 Å². The molecule has 0 fully saturated rings. The zero-order valence-electron chi connectivity index (χ0n) is 36.8.